The summed E-state index contributed by atoms with van der Waals surface area (Å²) < 4.78 is 10.9. The van der Waals surface area contributed by atoms with Crippen LogP contribution in [0, 0.1) is 4.91 Å². The van der Waals surface area contributed by atoms with Gasteiger partial charge in [0.05, 0.1) is 11.4 Å². The van der Waals surface area contributed by atoms with Crippen LogP contribution in [0.25, 0.3) is 0 Å². The number of aliphatic hydroxyl groups excluding tert-OH is 3. The van der Waals surface area contributed by atoms with E-state index in [4.69, 9.17) is 14.6 Å². The number of rotatable bonds is 9. The Morgan fingerprint density at radius 3 is 2.70 bits per heavy atom. The number of ether oxygens (including phenoxy) is 2. The zero-order valence-corrected chi connectivity index (χ0v) is 14.7. The molecule has 0 spiro atoms. The molecule has 0 aliphatic carbocycles. The number of aromatic nitrogens is 1. The summed E-state index contributed by atoms with van der Waals surface area (Å²) in [5.41, 5.74) is 0.641. The average molecular weight is 385 g/mol. The smallest absolute Gasteiger partial charge is 0.335 e. The van der Waals surface area contributed by atoms with E-state index in [2.05, 4.69) is 10.3 Å². The highest BCUT2D eigenvalue weighted by Gasteiger charge is 2.48. The first-order chi connectivity index (χ1) is 12.8. The molecule has 1 aromatic rings. The molecule has 0 unspecified atom stereocenters. The van der Waals surface area contributed by atoms with E-state index in [9.17, 15) is 25.0 Å². The predicted molar refractivity (Wildman–Crippen MR) is 90.0 cm³/mol. The van der Waals surface area contributed by atoms with Gasteiger partial charge in [-0.15, -0.1) is 4.91 Å². The summed E-state index contributed by atoms with van der Waals surface area (Å²) in [6.45, 7) is 0.358. The van der Waals surface area contributed by atoms with E-state index in [1.165, 1.54) is 12.1 Å². The summed E-state index contributed by atoms with van der Waals surface area (Å²) in [5.74, 6) is -1.49. The van der Waals surface area contributed by atoms with E-state index in [0.717, 1.165) is 0 Å². The van der Waals surface area contributed by atoms with Crippen LogP contribution >= 0.6 is 0 Å². The lowest BCUT2D eigenvalue weighted by atomic mass is 9.98. The van der Waals surface area contributed by atoms with Crippen molar-refractivity contribution in [3.63, 3.8) is 0 Å². The summed E-state index contributed by atoms with van der Waals surface area (Å²) in [4.78, 5) is 25.7. The molecular formula is C16H23N3O8. The minimum absolute atomic E-state index is 0.358. The van der Waals surface area contributed by atoms with Crippen molar-refractivity contribution in [2.45, 2.75) is 49.7 Å². The lowest BCUT2D eigenvalue weighted by molar-refractivity contribution is -0.306. The van der Waals surface area contributed by atoms with E-state index < -0.39 is 42.8 Å². The van der Waals surface area contributed by atoms with Gasteiger partial charge in [-0.25, -0.2) is 4.79 Å². The number of aliphatic hydroxyl groups is 3. The van der Waals surface area contributed by atoms with Crippen LogP contribution in [0.5, 0.6) is 0 Å². The molecule has 1 saturated heterocycles. The summed E-state index contributed by atoms with van der Waals surface area (Å²) in [7, 11) is 1.52. The first-order valence-corrected chi connectivity index (χ1v) is 8.37. The number of hydrogen-bond donors (Lipinski definition) is 4. The second-order valence-corrected chi connectivity index (χ2v) is 6.25. The monoisotopic (exact) mass is 385 g/mol. The first-order valence-electron chi connectivity index (χ1n) is 8.37. The van der Waals surface area contributed by atoms with Crippen LogP contribution in [-0.4, -0.2) is 80.7 Å². The molecular weight excluding hydrogens is 362 g/mol. The molecule has 0 saturated carbocycles. The van der Waals surface area contributed by atoms with E-state index in [1.807, 2.05) is 0 Å². The van der Waals surface area contributed by atoms with Crippen LogP contribution in [-0.2, 0) is 14.3 Å². The maximum absolute atomic E-state index is 11.2. The normalized spacial score (nSPS) is 29.1. The molecule has 0 radical (unpaired) electrons. The average Bonchev–Trinajstić information content (AvgIpc) is 2.67. The molecule has 0 amide bonds. The van der Waals surface area contributed by atoms with Crippen molar-refractivity contribution in [3.8, 4) is 0 Å². The highest BCUT2D eigenvalue weighted by molar-refractivity contribution is 5.73. The fourth-order valence-corrected chi connectivity index (χ4v) is 2.75. The summed E-state index contributed by atoms with van der Waals surface area (Å²) >= 11 is 0. The number of carboxylic acids is 1. The summed E-state index contributed by atoms with van der Waals surface area (Å²) in [5, 5.41) is 42.9. The topological polar surface area (TPSA) is 162 Å². The molecule has 150 valence electrons. The van der Waals surface area contributed by atoms with Crippen molar-refractivity contribution in [2.24, 2.45) is 5.29 Å². The second-order valence-electron chi connectivity index (χ2n) is 6.25. The third-order valence-electron chi connectivity index (χ3n) is 4.25. The summed E-state index contributed by atoms with van der Waals surface area (Å²) in [6.07, 6.45) is -5.06. The minimum Gasteiger partial charge on any atom is -0.479 e. The van der Waals surface area contributed by atoms with Gasteiger partial charge in [0, 0.05) is 26.0 Å². The first kappa shape index (κ1) is 21.1. The highest BCUT2D eigenvalue weighted by atomic mass is 16.7. The number of carboxylic acid groups (broad SMARTS) is 1. The minimum atomic E-state index is -1.79. The number of nitroso groups, excluding NO2 is 1. The molecule has 1 fully saturated rings. The SMILES string of the molecule is CN(CCC[C@@H](O[C@H]1O[C@H](C(=O)O)[C@@H](O)[C@H](O)[C@H]1O)c1cccnc1)N=O. The van der Waals surface area contributed by atoms with E-state index >= 15 is 0 Å². The largest absolute Gasteiger partial charge is 0.479 e. The lowest BCUT2D eigenvalue weighted by Gasteiger charge is -2.39. The van der Waals surface area contributed by atoms with E-state index in [0.29, 0.717) is 24.9 Å². The maximum atomic E-state index is 11.2. The zero-order chi connectivity index (χ0) is 20.0. The molecule has 27 heavy (non-hydrogen) atoms. The van der Waals surface area contributed by atoms with Gasteiger partial charge in [-0.1, -0.05) is 6.07 Å². The molecule has 4 N–H and O–H groups in total. The molecule has 11 nitrogen and oxygen atoms in total. The van der Waals surface area contributed by atoms with Crippen molar-refractivity contribution in [1.82, 2.24) is 9.99 Å². The Hall–Kier alpha value is -2.18. The fourth-order valence-electron chi connectivity index (χ4n) is 2.75. The van der Waals surface area contributed by atoms with Gasteiger partial charge in [-0.05, 0) is 24.5 Å². The molecule has 0 bridgehead atoms. The Morgan fingerprint density at radius 2 is 2.11 bits per heavy atom. The zero-order valence-electron chi connectivity index (χ0n) is 14.7. The van der Waals surface area contributed by atoms with E-state index in [1.54, 1.807) is 24.5 Å². The molecule has 2 rings (SSSR count). The van der Waals surface area contributed by atoms with Crippen LogP contribution < -0.4 is 0 Å². The Bertz CT molecular complexity index is 619. The van der Waals surface area contributed by atoms with Gasteiger partial charge in [0.1, 0.15) is 18.3 Å². The second kappa shape index (κ2) is 9.67. The van der Waals surface area contributed by atoms with Crippen LogP contribution in [0.2, 0.25) is 0 Å². The third kappa shape index (κ3) is 5.40. The molecule has 0 aromatic carbocycles. The van der Waals surface area contributed by atoms with E-state index in [-0.39, 0.29) is 0 Å². The van der Waals surface area contributed by atoms with Crippen LogP contribution in [0.4, 0.5) is 0 Å². The fraction of sp³-hybridized carbons (Fsp3) is 0.625. The van der Waals surface area contributed by atoms with Crippen LogP contribution in [0.3, 0.4) is 0 Å². The number of hydrogen-bond acceptors (Lipinski definition) is 9. The molecule has 11 heteroatoms. The van der Waals surface area contributed by atoms with Crippen LogP contribution in [0.15, 0.2) is 29.8 Å². The lowest BCUT2D eigenvalue weighted by Crippen LogP contribution is -2.60. The van der Waals surface area contributed by atoms with Gasteiger partial charge in [0.2, 0.25) is 0 Å². The number of carbonyl (C=O) groups is 1. The van der Waals surface area contributed by atoms with Crippen LogP contribution in [0.1, 0.15) is 24.5 Å². The Morgan fingerprint density at radius 1 is 1.37 bits per heavy atom. The number of pyridine rings is 1. The van der Waals surface area contributed by atoms with Crippen molar-refractivity contribution in [1.29, 1.82) is 0 Å². The van der Waals surface area contributed by atoms with Crippen molar-refractivity contribution in [3.05, 3.63) is 35.0 Å². The maximum Gasteiger partial charge on any atom is 0.335 e. The van der Waals surface area contributed by atoms with Gasteiger partial charge in [0.25, 0.3) is 0 Å². The summed E-state index contributed by atoms with van der Waals surface area (Å²) in [6, 6.07) is 3.41. The Balaban J connectivity index is 2.12. The molecule has 1 aliphatic heterocycles. The van der Waals surface area contributed by atoms with Crippen molar-refractivity contribution in [2.75, 3.05) is 13.6 Å². The predicted octanol–water partition coefficient (Wildman–Crippen LogP) is -0.575. The van der Waals surface area contributed by atoms with Gasteiger partial charge in [-0.3, -0.25) is 9.99 Å². The molecule has 6 atom stereocenters. The van der Waals surface area contributed by atoms with Gasteiger partial charge in [-0.2, -0.15) is 0 Å². The van der Waals surface area contributed by atoms with Crippen molar-refractivity contribution >= 4 is 5.97 Å². The molecule has 1 aromatic heterocycles. The third-order valence-corrected chi connectivity index (χ3v) is 4.25. The van der Waals surface area contributed by atoms with Crippen molar-refractivity contribution < 1.29 is 34.7 Å². The van der Waals surface area contributed by atoms with Gasteiger partial charge in [0.15, 0.2) is 12.4 Å². The number of aliphatic carboxylic acids is 1. The standard InChI is InChI=1S/C16H23N3O8/c1-19(18-25)7-3-5-10(9-4-2-6-17-8-9)26-16-13(22)11(20)12(21)14(27-16)15(23)24/h2,4,6,8,10-14,16,20-22H,3,5,7H2,1H3,(H,23,24)/t10-,11+,12+,13-,14+,16+/m1/s1. The number of nitrogens with zero attached hydrogens (tertiary/aromatic N) is 3. The highest BCUT2D eigenvalue weighted by Crippen LogP contribution is 2.30. The van der Waals surface area contributed by atoms with Gasteiger partial charge >= 0.3 is 5.97 Å². The Labute approximate surface area is 155 Å². The van der Waals surface area contributed by atoms with Gasteiger partial charge < -0.3 is 29.9 Å². The molecule has 2 heterocycles. The molecule has 1 aliphatic rings. The quantitative estimate of drug-likeness (QED) is 0.320. The Kier molecular flexibility index (Phi) is 7.56.